The van der Waals surface area contributed by atoms with E-state index in [0.29, 0.717) is 17.4 Å². The van der Waals surface area contributed by atoms with Crippen LogP contribution in [0, 0.1) is 33.8 Å². The molecule has 3 saturated carbocycles. The molecule has 0 heterocycles. The Kier molecular flexibility index (Phi) is 2.40. The van der Waals surface area contributed by atoms with Crippen molar-refractivity contribution in [3.8, 4) is 0 Å². The van der Waals surface area contributed by atoms with Crippen molar-refractivity contribution in [1.82, 2.24) is 0 Å². The van der Waals surface area contributed by atoms with Crippen LogP contribution in [0.1, 0.15) is 29.6 Å². The van der Waals surface area contributed by atoms with Crippen molar-refractivity contribution in [2.24, 2.45) is 23.7 Å². The lowest BCUT2D eigenvalue weighted by Crippen LogP contribution is -2.35. The molecule has 0 amide bonds. The van der Waals surface area contributed by atoms with Crippen molar-refractivity contribution in [3.63, 3.8) is 0 Å². The quantitative estimate of drug-likeness (QED) is 0.482. The van der Waals surface area contributed by atoms with E-state index in [1.165, 1.54) is 43.5 Å². The summed E-state index contributed by atoms with van der Waals surface area (Å²) < 4.78 is 5.68. The van der Waals surface area contributed by atoms with Crippen LogP contribution in [0.25, 0.3) is 0 Å². The first-order valence-corrected chi connectivity index (χ1v) is 7.10. The van der Waals surface area contributed by atoms with E-state index in [2.05, 4.69) is 0 Å². The highest BCUT2D eigenvalue weighted by molar-refractivity contribution is 5.89. The molecule has 0 bridgehead atoms. The predicted molar refractivity (Wildman–Crippen MR) is 70.1 cm³/mol. The number of carbonyl (C=O) groups excluding carboxylic acids is 1. The van der Waals surface area contributed by atoms with Gasteiger partial charge in [-0.15, -0.1) is 0 Å². The van der Waals surface area contributed by atoms with Gasteiger partial charge in [0.05, 0.1) is 10.5 Å². The summed E-state index contributed by atoms with van der Waals surface area (Å²) >= 11 is 0. The van der Waals surface area contributed by atoms with Gasteiger partial charge < -0.3 is 4.74 Å². The van der Waals surface area contributed by atoms with Crippen LogP contribution in [0.4, 0.5) is 5.69 Å². The van der Waals surface area contributed by atoms with Crippen LogP contribution in [0.15, 0.2) is 24.3 Å². The minimum atomic E-state index is -0.472. The fourth-order valence-electron chi connectivity index (χ4n) is 4.00. The predicted octanol–water partition coefficient (Wildman–Crippen LogP) is 2.80. The Balaban J connectivity index is 1.46. The molecule has 5 atom stereocenters. The zero-order chi connectivity index (χ0) is 13.9. The molecule has 0 saturated heterocycles. The molecule has 3 aliphatic carbocycles. The number of carbonyl (C=O) groups is 1. The summed E-state index contributed by atoms with van der Waals surface area (Å²) in [7, 11) is 0. The van der Waals surface area contributed by atoms with E-state index >= 15 is 0 Å². The van der Waals surface area contributed by atoms with E-state index in [1.807, 2.05) is 0 Å². The van der Waals surface area contributed by atoms with E-state index in [4.69, 9.17) is 4.74 Å². The highest BCUT2D eigenvalue weighted by Crippen LogP contribution is 2.66. The summed E-state index contributed by atoms with van der Waals surface area (Å²) in [5.74, 6) is 2.39. The SMILES string of the molecule is O=C(O[C@@H]1C2CCC2C2CC21)c1ccc([N+](=O)[O-])cc1. The molecular formula is C15H15NO4. The molecule has 0 N–H and O–H groups in total. The van der Waals surface area contributed by atoms with Crippen molar-refractivity contribution in [2.75, 3.05) is 0 Å². The average molecular weight is 273 g/mol. The van der Waals surface area contributed by atoms with Crippen LogP contribution in [-0.2, 0) is 4.74 Å². The number of non-ortho nitro benzene ring substituents is 1. The highest BCUT2D eigenvalue weighted by Gasteiger charge is 2.64. The molecule has 5 nitrogen and oxygen atoms in total. The molecule has 3 aliphatic rings. The normalized spacial score (nSPS) is 36.5. The molecule has 1 aromatic carbocycles. The maximum atomic E-state index is 12.1. The Hall–Kier alpha value is -1.91. The molecule has 0 radical (unpaired) electrons. The number of hydrogen-bond acceptors (Lipinski definition) is 4. The topological polar surface area (TPSA) is 69.4 Å². The zero-order valence-corrected chi connectivity index (χ0v) is 10.9. The maximum Gasteiger partial charge on any atom is 0.338 e. The second kappa shape index (κ2) is 4.04. The molecule has 0 aliphatic heterocycles. The van der Waals surface area contributed by atoms with E-state index in [1.54, 1.807) is 0 Å². The molecule has 1 aromatic rings. The molecule has 4 rings (SSSR count). The summed E-state index contributed by atoms with van der Waals surface area (Å²) in [4.78, 5) is 22.2. The first-order valence-electron chi connectivity index (χ1n) is 7.10. The van der Waals surface area contributed by atoms with Crippen molar-refractivity contribution in [2.45, 2.75) is 25.4 Å². The van der Waals surface area contributed by atoms with Crippen molar-refractivity contribution >= 4 is 11.7 Å². The molecule has 4 unspecified atom stereocenters. The molecule has 20 heavy (non-hydrogen) atoms. The third-order valence-corrected chi connectivity index (χ3v) is 5.23. The van der Waals surface area contributed by atoms with E-state index < -0.39 is 4.92 Å². The van der Waals surface area contributed by atoms with E-state index in [0.717, 1.165) is 11.8 Å². The third-order valence-electron chi connectivity index (χ3n) is 5.23. The van der Waals surface area contributed by atoms with Gasteiger partial charge >= 0.3 is 5.97 Å². The molecular weight excluding hydrogens is 258 g/mol. The zero-order valence-electron chi connectivity index (χ0n) is 10.9. The lowest BCUT2D eigenvalue weighted by atomic mass is 9.72. The smallest absolute Gasteiger partial charge is 0.338 e. The van der Waals surface area contributed by atoms with Gasteiger partial charge in [-0.1, -0.05) is 0 Å². The number of esters is 1. The van der Waals surface area contributed by atoms with Crippen LogP contribution >= 0.6 is 0 Å². The fraction of sp³-hybridized carbons (Fsp3) is 0.533. The fourth-order valence-corrected chi connectivity index (χ4v) is 4.00. The Morgan fingerprint density at radius 2 is 1.80 bits per heavy atom. The van der Waals surface area contributed by atoms with Gasteiger partial charge in [0.25, 0.3) is 5.69 Å². The third kappa shape index (κ3) is 1.65. The Bertz CT molecular complexity index is 582. The number of ether oxygens (including phenoxy) is 1. The van der Waals surface area contributed by atoms with Gasteiger partial charge in [0, 0.05) is 12.1 Å². The number of rotatable bonds is 3. The lowest BCUT2D eigenvalue weighted by Gasteiger charge is -2.36. The molecule has 0 spiro atoms. The number of hydrogen-bond donors (Lipinski definition) is 0. The largest absolute Gasteiger partial charge is 0.458 e. The van der Waals surface area contributed by atoms with E-state index in [9.17, 15) is 14.9 Å². The number of benzene rings is 1. The summed E-state index contributed by atoms with van der Waals surface area (Å²) in [6.07, 6.45) is 3.76. The molecule has 3 fully saturated rings. The van der Waals surface area contributed by atoms with Gasteiger partial charge in [-0.05, 0) is 55.1 Å². The Labute approximate surface area is 116 Å². The van der Waals surface area contributed by atoms with Crippen molar-refractivity contribution in [3.05, 3.63) is 39.9 Å². The monoisotopic (exact) mass is 273 g/mol. The van der Waals surface area contributed by atoms with Crippen LogP contribution in [0.2, 0.25) is 0 Å². The molecule has 104 valence electrons. The minimum Gasteiger partial charge on any atom is -0.458 e. The summed E-state index contributed by atoms with van der Waals surface area (Å²) in [5, 5.41) is 10.6. The van der Waals surface area contributed by atoms with Crippen LogP contribution in [0.3, 0.4) is 0 Å². The van der Waals surface area contributed by atoms with Crippen molar-refractivity contribution < 1.29 is 14.5 Å². The highest BCUT2D eigenvalue weighted by atomic mass is 16.6. The second-order valence-electron chi connectivity index (χ2n) is 6.14. The molecule has 5 heteroatoms. The number of nitro benzene ring substituents is 1. The molecule has 0 aromatic heterocycles. The standard InChI is InChI=1S/C15H15NO4/c17-15(8-1-3-9(4-2-8)16(18)19)20-14-11-6-5-10(11)12-7-13(12)14/h1-4,10-14H,5-7H2/t10?,11?,12?,13?,14-/m1/s1. The minimum absolute atomic E-state index is 0.0104. The van der Waals surface area contributed by atoms with Gasteiger partial charge in [-0.3, -0.25) is 10.1 Å². The van der Waals surface area contributed by atoms with Crippen LogP contribution in [-0.4, -0.2) is 17.0 Å². The number of fused-ring (bicyclic) bond motifs is 3. The second-order valence-corrected chi connectivity index (χ2v) is 6.14. The lowest BCUT2D eigenvalue weighted by molar-refractivity contribution is -0.384. The van der Waals surface area contributed by atoms with Gasteiger partial charge in [-0.2, -0.15) is 0 Å². The van der Waals surface area contributed by atoms with Crippen LogP contribution in [0.5, 0.6) is 0 Å². The number of nitro groups is 1. The summed E-state index contributed by atoms with van der Waals surface area (Å²) in [6.45, 7) is 0. The first kappa shape index (κ1) is 11.9. The van der Waals surface area contributed by atoms with Crippen LogP contribution < -0.4 is 0 Å². The summed E-state index contributed by atoms with van der Waals surface area (Å²) in [5.41, 5.74) is 0.388. The number of nitrogens with zero attached hydrogens (tertiary/aromatic N) is 1. The van der Waals surface area contributed by atoms with E-state index in [-0.39, 0.29) is 17.8 Å². The van der Waals surface area contributed by atoms with Gasteiger partial charge in [0.1, 0.15) is 6.10 Å². The van der Waals surface area contributed by atoms with Crippen molar-refractivity contribution in [1.29, 1.82) is 0 Å². The van der Waals surface area contributed by atoms with Gasteiger partial charge in [0.15, 0.2) is 0 Å². The maximum absolute atomic E-state index is 12.1. The average Bonchev–Trinajstić information content (AvgIpc) is 3.12. The summed E-state index contributed by atoms with van der Waals surface area (Å²) in [6, 6.07) is 5.63. The Morgan fingerprint density at radius 3 is 2.35 bits per heavy atom. The first-order chi connectivity index (χ1) is 9.65. The van der Waals surface area contributed by atoms with Gasteiger partial charge in [-0.25, -0.2) is 4.79 Å². The Morgan fingerprint density at radius 1 is 1.10 bits per heavy atom. The van der Waals surface area contributed by atoms with Gasteiger partial charge in [0.2, 0.25) is 0 Å².